The van der Waals surface area contributed by atoms with E-state index in [4.69, 9.17) is 9.84 Å². The number of aliphatic hydroxyl groups excluding tert-OH is 1. The molecule has 3 rings (SSSR count). The van der Waals surface area contributed by atoms with Gasteiger partial charge >= 0.3 is 5.97 Å². The fourth-order valence-electron chi connectivity index (χ4n) is 2.76. The summed E-state index contributed by atoms with van der Waals surface area (Å²) < 4.78 is 5.80. The maximum Gasteiger partial charge on any atom is 0.307 e. The van der Waals surface area contributed by atoms with Crippen LogP contribution in [0.15, 0.2) is 72.8 Å². The van der Waals surface area contributed by atoms with Crippen LogP contribution in [0.5, 0.6) is 5.75 Å². The highest BCUT2D eigenvalue weighted by Gasteiger charge is 2.03. The summed E-state index contributed by atoms with van der Waals surface area (Å²) >= 11 is 0. The van der Waals surface area contributed by atoms with Crippen molar-refractivity contribution in [3.8, 4) is 16.9 Å². The van der Waals surface area contributed by atoms with E-state index >= 15 is 0 Å². The fraction of sp³-hybridized carbons (Fsp3) is 0.136. The molecule has 3 aromatic rings. The van der Waals surface area contributed by atoms with Gasteiger partial charge in [0.25, 0.3) is 0 Å². The van der Waals surface area contributed by atoms with Gasteiger partial charge in [-0.3, -0.25) is 4.79 Å². The molecular formula is C22H20O4. The molecule has 0 amide bonds. The third-order valence-electron chi connectivity index (χ3n) is 4.05. The van der Waals surface area contributed by atoms with Crippen LogP contribution in [-0.4, -0.2) is 16.2 Å². The van der Waals surface area contributed by atoms with Crippen molar-refractivity contribution in [2.75, 3.05) is 0 Å². The van der Waals surface area contributed by atoms with E-state index in [2.05, 4.69) is 0 Å². The molecule has 0 radical (unpaired) electrons. The fourth-order valence-corrected chi connectivity index (χ4v) is 2.76. The van der Waals surface area contributed by atoms with Gasteiger partial charge in [-0.05, 0) is 46.0 Å². The van der Waals surface area contributed by atoms with Crippen LogP contribution in [0.25, 0.3) is 11.1 Å². The third-order valence-corrected chi connectivity index (χ3v) is 4.05. The van der Waals surface area contributed by atoms with Crippen LogP contribution in [0.3, 0.4) is 0 Å². The quantitative estimate of drug-likeness (QED) is 0.676. The number of hydrogen-bond acceptors (Lipinski definition) is 3. The zero-order valence-electron chi connectivity index (χ0n) is 14.3. The summed E-state index contributed by atoms with van der Waals surface area (Å²) in [6.45, 7) is 0.406. The second-order valence-corrected chi connectivity index (χ2v) is 6.06. The lowest BCUT2D eigenvalue weighted by atomic mass is 10.0. The van der Waals surface area contributed by atoms with E-state index in [0.29, 0.717) is 6.61 Å². The van der Waals surface area contributed by atoms with Crippen LogP contribution in [-0.2, 0) is 24.4 Å². The smallest absolute Gasteiger partial charge is 0.307 e. The molecule has 0 aliphatic heterocycles. The lowest BCUT2D eigenvalue weighted by molar-refractivity contribution is -0.136. The van der Waals surface area contributed by atoms with Gasteiger partial charge < -0.3 is 14.9 Å². The van der Waals surface area contributed by atoms with Crippen LogP contribution in [0.4, 0.5) is 0 Å². The molecule has 2 N–H and O–H groups in total. The molecule has 0 aliphatic rings. The van der Waals surface area contributed by atoms with Crippen LogP contribution >= 0.6 is 0 Å². The van der Waals surface area contributed by atoms with Crippen molar-refractivity contribution < 1.29 is 19.7 Å². The van der Waals surface area contributed by atoms with Crippen LogP contribution in [0.2, 0.25) is 0 Å². The number of carboxylic acid groups (broad SMARTS) is 1. The van der Waals surface area contributed by atoms with Gasteiger partial charge in [0.05, 0.1) is 13.0 Å². The Morgan fingerprint density at radius 2 is 1.50 bits per heavy atom. The van der Waals surface area contributed by atoms with Crippen molar-refractivity contribution in [1.29, 1.82) is 0 Å². The van der Waals surface area contributed by atoms with E-state index in [1.165, 1.54) is 0 Å². The summed E-state index contributed by atoms with van der Waals surface area (Å²) in [5, 5.41) is 18.1. The number of aliphatic carboxylic acids is 1. The second-order valence-electron chi connectivity index (χ2n) is 6.06. The molecule has 0 saturated carbocycles. The SMILES string of the molecule is O=C(O)Cc1cccc(COc2ccc(-c3cccc(CO)c3)cc2)c1. The first kappa shape index (κ1) is 17.7. The minimum Gasteiger partial charge on any atom is -0.489 e. The summed E-state index contributed by atoms with van der Waals surface area (Å²) in [5.74, 6) is -0.0976. The maximum atomic E-state index is 10.8. The Kier molecular flexibility index (Phi) is 5.66. The summed E-state index contributed by atoms with van der Waals surface area (Å²) in [4.78, 5) is 10.8. The standard InChI is InChI=1S/C22H20O4/c23-14-17-4-2-6-20(12-17)19-7-9-21(10-8-19)26-15-18-5-1-3-16(11-18)13-22(24)25/h1-12,23H,13-15H2,(H,24,25). The lowest BCUT2D eigenvalue weighted by Crippen LogP contribution is -2.01. The van der Waals surface area contributed by atoms with Gasteiger partial charge in [-0.2, -0.15) is 0 Å². The van der Waals surface area contributed by atoms with E-state index in [1.54, 1.807) is 6.07 Å². The van der Waals surface area contributed by atoms with E-state index in [9.17, 15) is 9.90 Å². The van der Waals surface area contributed by atoms with E-state index in [1.807, 2.05) is 66.7 Å². The molecule has 0 heterocycles. The largest absolute Gasteiger partial charge is 0.489 e. The highest BCUT2D eigenvalue weighted by Crippen LogP contribution is 2.24. The third kappa shape index (κ3) is 4.71. The van der Waals surface area contributed by atoms with Crippen molar-refractivity contribution in [3.63, 3.8) is 0 Å². The monoisotopic (exact) mass is 348 g/mol. The molecular weight excluding hydrogens is 328 g/mol. The molecule has 132 valence electrons. The average molecular weight is 348 g/mol. The molecule has 26 heavy (non-hydrogen) atoms. The lowest BCUT2D eigenvalue weighted by Gasteiger charge is -2.09. The minimum absolute atomic E-state index is 0.00937. The Bertz CT molecular complexity index is 885. The number of ether oxygens (including phenoxy) is 1. The predicted octanol–water partition coefficient (Wildman–Crippen LogP) is 4.05. The second kappa shape index (κ2) is 8.32. The van der Waals surface area contributed by atoms with E-state index < -0.39 is 5.97 Å². The Hall–Kier alpha value is -3.11. The summed E-state index contributed by atoms with van der Waals surface area (Å²) in [6.07, 6.45) is 0.00937. The minimum atomic E-state index is -0.844. The first-order chi connectivity index (χ1) is 12.6. The van der Waals surface area contributed by atoms with Gasteiger partial charge in [-0.25, -0.2) is 0 Å². The average Bonchev–Trinajstić information content (AvgIpc) is 2.66. The van der Waals surface area contributed by atoms with Crippen LogP contribution in [0, 0.1) is 0 Å². The number of carbonyl (C=O) groups is 1. The Morgan fingerprint density at radius 1 is 0.808 bits per heavy atom. The van der Waals surface area contributed by atoms with Gasteiger partial charge in [0, 0.05) is 0 Å². The van der Waals surface area contributed by atoms with Crippen molar-refractivity contribution in [2.45, 2.75) is 19.6 Å². The molecule has 0 atom stereocenters. The molecule has 4 heteroatoms. The number of aliphatic hydroxyl groups is 1. The normalized spacial score (nSPS) is 10.5. The molecule has 0 spiro atoms. The molecule has 0 bridgehead atoms. The number of benzene rings is 3. The molecule has 4 nitrogen and oxygen atoms in total. The van der Waals surface area contributed by atoms with Crippen LogP contribution < -0.4 is 4.74 Å². The Labute approximate surface area is 152 Å². The van der Waals surface area contributed by atoms with Crippen LogP contribution in [0.1, 0.15) is 16.7 Å². The Morgan fingerprint density at radius 3 is 2.23 bits per heavy atom. The summed E-state index contributed by atoms with van der Waals surface area (Å²) in [6, 6.07) is 23.0. The van der Waals surface area contributed by atoms with Crippen molar-refractivity contribution in [2.24, 2.45) is 0 Å². The highest BCUT2D eigenvalue weighted by molar-refractivity contribution is 5.70. The number of hydrogen-bond donors (Lipinski definition) is 2. The van der Waals surface area contributed by atoms with Gasteiger partial charge in [-0.1, -0.05) is 54.6 Å². The number of carboxylic acids is 1. The van der Waals surface area contributed by atoms with Gasteiger partial charge in [-0.15, -0.1) is 0 Å². The molecule has 0 saturated heterocycles. The van der Waals surface area contributed by atoms with Gasteiger partial charge in [0.2, 0.25) is 0 Å². The van der Waals surface area contributed by atoms with Crippen molar-refractivity contribution in [1.82, 2.24) is 0 Å². The van der Waals surface area contributed by atoms with Crippen molar-refractivity contribution >= 4 is 5.97 Å². The molecule has 0 unspecified atom stereocenters. The zero-order valence-corrected chi connectivity index (χ0v) is 14.3. The van der Waals surface area contributed by atoms with Crippen molar-refractivity contribution in [3.05, 3.63) is 89.5 Å². The molecule has 0 aromatic heterocycles. The van der Waals surface area contributed by atoms with Gasteiger partial charge in [0.15, 0.2) is 0 Å². The van der Waals surface area contributed by atoms with E-state index in [0.717, 1.165) is 33.6 Å². The number of rotatable bonds is 7. The van der Waals surface area contributed by atoms with E-state index in [-0.39, 0.29) is 13.0 Å². The first-order valence-electron chi connectivity index (χ1n) is 8.37. The maximum absolute atomic E-state index is 10.8. The summed E-state index contributed by atoms with van der Waals surface area (Å²) in [7, 11) is 0. The Balaban J connectivity index is 1.65. The highest BCUT2D eigenvalue weighted by atomic mass is 16.5. The molecule has 0 aliphatic carbocycles. The summed E-state index contributed by atoms with van der Waals surface area (Å²) in [5.41, 5.74) is 4.67. The predicted molar refractivity (Wildman–Crippen MR) is 99.9 cm³/mol. The topological polar surface area (TPSA) is 66.8 Å². The molecule has 0 fully saturated rings. The zero-order chi connectivity index (χ0) is 18.4. The van der Waals surface area contributed by atoms with Gasteiger partial charge in [0.1, 0.15) is 12.4 Å². The first-order valence-corrected chi connectivity index (χ1v) is 8.37. The molecule has 3 aromatic carbocycles.